The summed E-state index contributed by atoms with van der Waals surface area (Å²) in [6, 6.07) is 13.2. The Labute approximate surface area is 134 Å². The Morgan fingerprint density at radius 2 is 2.09 bits per heavy atom. The number of hydrogen-bond acceptors (Lipinski definition) is 4. The number of hydrogen-bond donors (Lipinski definition) is 2. The molecule has 5 nitrogen and oxygen atoms in total. The molecule has 1 aromatic carbocycles. The van der Waals surface area contributed by atoms with E-state index in [1.807, 2.05) is 48.3 Å². The van der Waals surface area contributed by atoms with Crippen LogP contribution in [0.1, 0.15) is 17.2 Å². The van der Waals surface area contributed by atoms with Crippen molar-refractivity contribution in [1.82, 2.24) is 14.9 Å². The lowest BCUT2D eigenvalue weighted by Crippen LogP contribution is -2.27. The summed E-state index contributed by atoms with van der Waals surface area (Å²) in [5.74, 6) is 0. The molecule has 3 aromatic rings. The number of fused-ring (bicyclic) bond motifs is 1. The van der Waals surface area contributed by atoms with Gasteiger partial charge < -0.3 is 10.1 Å². The number of nitrogens with zero attached hydrogens (tertiary/aromatic N) is 2. The number of aromatic nitrogens is 2. The van der Waals surface area contributed by atoms with Gasteiger partial charge in [-0.3, -0.25) is 14.7 Å². The fraction of sp³-hybridized carbons (Fsp3) is 0.222. The topological polar surface area (TPSA) is 69.2 Å². The van der Waals surface area contributed by atoms with E-state index in [1.54, 1.807) is 18.5 Å². The number of pyridine rings is 2. The van der Waals surface area contributed by atoms with E-state index in [9.17, 15) is 9.90 Å². The molecule has 0 aliphatic carbocycles. The zero-order chi connectivity index (χ0) is 16.2. The first-order chi connectivity index (χ1) is 11.1. The molecule has 3 rings (SSSR count). The molecule has 1 unspecified atom stereocenters. The van der Waals surface area contributed by atoms with Crippen LogP contribution in [-0.4, -0.2) is 33.6 Å². The molecule has 0 fully saturated rings. The second kappa shape index (κ2) is 6.73. The van der Waals surface area contributed by atoms with Gasteiger partial charge in [0, 0.05) is 42.1 Å². The lowest BCUT2D eigenvalue weighted by Gasteiger charge is -2.20. The van der Waals surface area contributed by atoms with Crippen LogP contribution in [0.3, 0.4) is 0 Å². The zero-order valence-corrected chi connectivity index (χ0v) is 12.9. The normalized spacial score (nSPS) is 12.7. The van der Waals surface area contributed by atoms with Crippen LogP contribution in [0, 0.1) is 0 Å². The summed E-state index contributed by atoms with van der Waals surface area (Å²) in [4.78, 5) is 21.0. The molecule has 118 valence electrons. The third kappa shape index (κ3) is 3.64. The number of aliphatic hydroxyl groups is 1. The minimum Gasteiger partial charge on any atom is -0.387 e. The highest BCUT2D eigenvalue weighted by Crippen LogP contribution is 2.14. The summed E-state index contributed by atoms with van der Waals surface area (Å²) in [6.07, 6.45) is 2.70. The molecule has 0 saturated carbocycles. The molecule has 5 heteroatoms. The molecule has 2 heterocycles. The Kier molecular flexibility index (Phi) is 4.50. The summed E-state index contributed by atoms with van der Waals surface area (Å²) >= 11 is 0. The standard InChI is InChI=1S/C18H19N3O2/c1-21(12-17(22)14-6-4-8-19-10-14)11-15-9-13-5-2-3-7-16(13)20-18(15)23/h2-10,17,22H,11-12H2,1H3,(H,20,23). The van der Waals surface area contributed by atoms with Crippen molar-refractivity contribution in [3.8, 4) is 0 Å². The van der Waals surface area contributed by atoms with E-state index in [2.05, 4.69) is 9.97 Å². The molecule has 0 saturated heterocycles. The van der Waals surface area contributed by atoms with E-state index in [4.69, 9.17) is 0 Å². The lowest BCUT2D eigenvalue weighted by atomic mass is 10.1. The summed E-state index contributed by atoms with van der Waals surface area (Å²) in [5, 5.41) is 11.2. The van der Waals surface area contributed by atoms with Gasteiger partial charge in [0.05, 0.1) is 6.10 Å². The van der Waals surface area contributed by atoms with Gasteiger partial charge in [-0.05, 0) is 30.6 Å². The predicted octanol–water partition coefficient (Wildman–Crippen LogP) is 2.09. The maximum absolute atomic E-state index is 12.2. The minimum atomic E-state index is -0.631. The minimum absolute atomic E-state index is 0.0913. The molecule has 1 atom stereocenters. The maximum atomic E-state index is 12.2. The molecule has 0 amide bonds. The Hall–Kier alpha value is -2.50. The average Bonchev–Trinajstić information content (AvgIpc) is 2.56. The fourth-order valence-electron chi connectivity index (χ4n) is 2.64. The molecule has 23 heavy (non-hydrogen) atoms. The highest BCUT2D eigenvalue weighted by atomic mass is 16.3. The van der Waals surface area contributed by atoms with Gasteiger partial charge in [0.2, 0.25) is 0 Å². The van der Waals surface area contributed by atoms with Gasteiger partial charge in [-0.2, -0.15) is 0 Å². The smallest absolute Gasteiger partial charge is 0.252 e. The molecular formula is C18H19N3O2. The summed E-state index contributed by atoms with van der Waals surface area (Å²) in [5.41, 5.74) is 2.20. The van der Waals surface area contributed by atoms with Crippen molar-refractivity contribution in [1.29, 1.82) is 0 Å². The largest absolute Gasteiger partial charge is 0.387 e. The number of likely N-dealkylation sites (N-methyl/N-ethyl adjacent to an activating group) is 1. The highest BCUT2D eigenvalue weighted by molar-refractivity contribution is 5.78. The van der Waals surface area contributed by atoms with Crippen molar-refractivity contribution >= 4 is 10.9 Å². The van der Waals surface area contributed by atoms with Gasteiger partial charge in [0.15, 0.2) is 0 Å². The third-order valence-electron chi connectivity index (χ3n) is 3.82. The second-order valence-electron chi connectivity index (χ2n) is 5.71. The quantitative estimate of drug-likeness (QED) is 0.757. The predicted molar refractivity (Wildman–Crippen MR) is 90.1 cm³/mol. The van der Waals surface area contributed by atoms with E-state index in [1.165, 1.54) is 0 Å². The number of nitrogens with one attached hydrogen (secondary N) is 1. The summed E-state index contributed by atoms with van der Waals surface area (Å²) in [6.45, 7) is 0.898. The van der Waals surface area contributed by atoms with Crippen LogP contribution in [0.5, 0.6) is 0 Å². The summed E-state index contributed by atoms with van der Waals surface area (Å²) in [7, 11) is 1.88. The first-order valence-corrected chi connectivity index (χ1v) is 7.51. The first-order valence-electron chi connectivity index (χ1n) is 7.51. The number of H-pyrrole nitrogens is 1. The Morgan fingerprint density at radius 1 is 1.26 bits per heavy atom. The fourth-order valence-corrected chi connectivity index (χ4v) is 2.64. The van der Waals surface area contributed by atoms with Crippen LogP contribution in [0.2, 0.25) is 0 Å². The summed E-state index contributed by atoms with van der Waals surface area (Å²) < 4.78 is 0. The van der Waals surface area contributed by atoms with Crippen molar-refractivity contribution in [2.24, 2.45) is 0 Å². The number of aliphatic hydroxyl groups excluding tert-OH is 1. The van der Waals surface area contributed by atoms with Crippen LogP contribution < -0.4 is 5.56 Å². The maximum Gasteiger partial charge on any atom is 0.252 e. The van der Waals surface area contributed by atoms with E-state index < -0.39 is 6.10 Å². The van der Waals surface area contributed by atoms with Crippen molar-refractivity contribution in [3.05, 3.63) is 76.3 Å². The van der Waals surface area contributed by atoms with Gasteiger partial charge in [-0.15, -0.1) is 0 Å². The van der Waals surface area contributed by atoms with Crippen LogP contribution in [-0.2, 0) is 6.54 Å². The van der Waals surface area contributed by atoms with E-state index in [-0.39, 0.29) is 5.56 Å². The van der Waals surface area contributed by atoms with E-state index in [0.717, 1.165) is 16.5 Å². The number of rotatable bonds is 5. The molecular weight excluding hydrogens is 290 g/mol. The van der Waals surface area contributed by atoms with E-state index >= 15 is 0 Å². The number of aromatic amines is 1. The lowest BCUT2D eigenvalue weighted by molar-refractivity contribution is 0.123. The Balaban J connectivity index is 1.74. The van der Waals surface area contributed by atoms with E-state index in [0.29, 0.717) is 18.7 Å². The molecule has 2 aromatic heterocycles. The molecule has 0 aliphatic heterocycles. The zero-order valence-electron chi connectivity index (χ0n) is 12.9. The third-order valence-corrected chi connectivity index (χ3v) is 3.82. The average molecular weight is 309 g/mol. The van der Waals surface area contributed by atoms with Crippen LogP contribution in [0.15, 0.2) is 59.7 Å². The van der Waals surface area contributed by atoms with Crippen LogP contribution >= 0.6 is 0 Å². The Bertz CT molecular complexity index is 846. The van der Waals surface area contributed by atoms with Gasteiger partial charge in [0.25, 0.3) is 5.56 Å². The molecule has 0 spiro atoms. The number of benzene rings is 1. The van der Waals surface area contributed by atoms with Crippen LogP contribution in [0.4, 0.5) is 0 Å². The van der Waals surface area contributed by atoms with Gasteiger partial charge >= 0.3 is 0 Å². The highest BCUT2D eigenvalue weighted by Gasteiger charge is 2.12. The monoisotopic (exact) mass is 309 g/mol. The Morgan fingerprint density at radius 3 is 2.87 bits per heavy atom. The van der Waals surface area contributed by atoms with Gasteiger partial charge in [0.1, 0.15) is 0 Å². The van der Waals surface area contributed by atoms with Crippen molar-refractivity contribution in [3.63, 3.8) is 0 Å². The number of para-hydroxylation sites is 1. The van der Waals surface area contributed by atoms with Crippen molar-refractivity contribution < 1.29 is 5.11 Å². The molecule has 0 bridgehead atoms. The molecule has 0 aliphatic rings. The molecule has 2 N–H and O–H groups in total. The van der Waals surface area contributed by atoms with Gasteiger partial charge in [-0.25, -0.2) is 0 Å². The van der Waals surface area contributed by atoms with Gasteiger partial charge in [-0.1, -0.05) is 24.3 Å². The SMILES string of the molecule is CN(Cc1cc2ccccc2[nH]c1=O)CC(O)c1cccnc1. The van der Waals surface area contributed by atoms with Crippen molar-refractivity contribution in [2.75, 3.05) is 13.6 Å². The van der Waals surface area contributed by atoms with Crippen molar-refractivity contribution in [2.45, 2.75) is 12.6 Å². The molecule has 0 radical (unpaired) electrons. The van der Waals surface area contributed by atoms with Crippen LogP contribution in [0.25, 0.3) is 10.9 Å². The first kappa shape index (κ1) is 15.4. The second-order valence-corrected chi connectivity index (χ2v) is 5.71.